The van der Waals surface area contributed by atoms with Gasteiger partial charge in [0, 0.05) is 5.70 Å². The summed E-state index contributed by atoms with van der Waals surface area (Å²) in [7, 11) is 2.95. The number of nitrogens with one attached hydrogen (secondary N) is 1. The first kappa shape index (κ1) is 17.8. The van der Waals surface area contributed by atoms with Gasteiger partial charge in [0.25, 0.3) is 0 Å². The highest BCUT2D eigenvalue weighted by Gasteiger charge is 2.34. The molecule has 1 N–H and O–H groups in total. The summed E-state index contributed by atoms with van der Waals surface area (Å²) in [6, 6.07) is 5.11. The standard InChI is InChI=1S/C18H22N4O4/c1-5-8-26-13-7-6-12(9-14(13)24-3)16-15(17(23)25-4)11(2)21-18-19-10-20-22(16)18/h6-7,9-10,16H,5,8H2,1-4H3,(H,19,20,21). The Morgan fingerprint density at radius 2 is 2.12 bits per heavy atom. The molecule has 0 radical (unpaired) electrons. The fourth-order valence-corrected chi connectivity index (χ4v) is 2.96. The fraction of sp³-hybridized carbons (Fsp3) is 0.389. The summed E-state index contributed by atoms with van der Waals surface area (Å²) in [6.45, 7) is 4.45. The van der Waals surface area contributed by atoms with Crippen LogP contribution in [0.15, 0.2) is 35.8 Å². The molecule has 2 aromatic rings. The monoisotopic (exact) mass is 358 g/mol. The zero-order chi connectivity index (χ0) is 18.7. The zero-order valence-electron chi connectivity index (χ0n) is 15.3. The molecule has 1 unspecified atom stereocenters. The fourth-order valence-electron chi connectivity index (χ4n) is 2.96. The maximum Gasteiger partial charge on any atom is 0.338 e. The van der Waals surface area contributed by atoms with Crippen molar-refractivity contribution in [2.45, 2.75) is 26.3 Å². The molecule has 1 aliphatic rings. The van der Waals surface area contributed by atoms with Gasteiger partial charge in [0.2, 0.25) is 5.95 Å². The van der Waals surface area contributed by atoms with Crippen LogP contribution < -0.4 is 14.8 Å². The second-order valence-electron chi connectivity index (χ2n) is 5.84. The molecule has 1 aromatic carbocycles. The number of hydrogen-bond acceptors (Lipinski definition) is 7. The lowest BCUT2D eigenvalue weighted by molar-refractivity contribution is -0.136. The molecule has 0 aliphatic carbocycles. The van der Waals surface area contributed by atoms with E-state index >= 15 is 0 Å². The molecule has 0 saturated carbocycles. The van der Waals surface area contributed by atoms with Crippen molar-refractivity contribution in [3.63, 3.8) is 0 Å². The van der Waals surface area contributed by atoms with E-state index in [2.05, 4.69) is 15.4 Å². The SMILES string of the molecule is CCCOc1ccc(C2C(C(=O)OC)=C(C)Nc3ncnn32)cc1OC. The molecule has 3 rings (SSSR count). The van der Waals surface area contributed by atoms with Gasteiger partial charge in [-0.1, -0.05) is 13.0 Å². The highest BCUT2D eigenvalue weighted by atomic mass is 16.5. The quantitative estimate of drug-likeness (QED) is 0.794. The van der Waals surface area contributed by atoms with Crippen molar-refractivity contribution in [3.05, 3.63) is 41.4 Å². The number of methoxy groups -OCH3 is 2. The highest BCUT2D eigenvalue weighted by Crippen LogP contribution is 2.38. The van der Waals surface area contributed by atoms with Crippen LogP contribution in [0.2, 0.25) is 0 Å². The Kier molecular flexibility index (Phi) is 5.11. The molecule has 0 fully saturated rings. The molecule has 2 heterocycles. The van der Waals surface area contributed by atoms with Crippen molar-refractivity contribution in [1.29, 1.82) is 0 Å². The minimum absolute atomic E-state index is 0.425. The molecule has 138 valence electrons. The van der Waals surface area contributed by atoms with E-state index in [1.54, 1.807) is 11.8 Å². The third-order valence-electron chi connectivity index (χ3n) is 4.16. The molecule has 1 aromatic heterocycles. The van der Waals surface area contributed by atoms with Gasteiger partial charge in [-0.15, -0.1) is 0 Å². The van der Waals surface area contributed by atoms with Crippen LogP contribution >= 0.6 is 0 Å². The van der Waals surface area contributed by atoms with E-state index in [1.165, 1.54) is 13.4 Å². The zero-order valence-corrected chi connectivity index (χ0v) is 15.3. The van der Waals surface area contributed by atoms with E-state index < -0.39 is 12.0 Å². The minimum atomic E-state index is -0.477. The molecule has 0 bridgehead atoms. The van der Waals surface area contributed by atoms with Crippen molar-refractivity contribution < 1.29 is 19.0 Å². The molecule has 0 saturated heterocycles. The van der Waals surface area contributed by atoms with E-state index in [0.717, 1.165) is 12.0 Å². The summed E-state index contributed by atoms with van der Waals surface area (Å²) in [4.78, 5) is 16.6. The number of hydrogen-bond donors (Lipinski definition) is 1. The summed E-state index contributed by atoms with van der Waals surface area (Å²) < 4.78 is 17.8. The van der Waals surface area contributed by atoms with Crippen LogP contribution in [0.4, 0.5) is 5.95 Å². The lowest BCUT2D eigenvalue weighted by Gasteiger charge is -2.28. The smallest absolute Gasteiger partial charge is 0.338 e. The molecular formula is C18H22N4O4. The van der Waals surface area contributed by atoms with Gasteiger partial charge in [-0.05, 0) is 31.0 Å². The van der Waals surface area contributed by atoms with E-state index in [1.807, 2.05) is 32.0 Å². The molecule has 0 amide bonds. The Morgan fingerprint density at radius 3 is 2.81 bits per heavy atom. The van der Waals surface area contributed by atoms with Gasteiger partial charge in [0.15, 0.2) is 11.5 Å². The first-order valence-corrected chi connectivity index (χ1v) is 8.37. The third kappa shape index (κ3) is 3.10. The number of nitrogens with zero attached hydrogens (tertiary/aromatic N) is 3. The third-order valence-corrected chi connectivity index (χ3v) is 4.16. The van der Waals surface area contributed by atoms with Gasteiger partial charge in [0.05, 0.1) is 26.4 Å². The van der Waals surface area contributed by atoms with Crippen molar-refractivity contribution in [2.24, 2.45) is 0 Å². The number of allylic oxidation sites excluding steroid dienone is 1. The van der Waals surface area contributed by atoms with Gasteiger partial charge in [-0.3, -0.25) is 0 Å². The summed E-state index contributed by atoms with van der Waals surface area (Å²) in [5.74, 6) is 1.39. The van der Waals surface area contributed by atoms with Gasteiger partial charge >= 0.3 is 5.97 Å². The number of ether oxygens (including phenoxy) is 3. The lowest BCUT2D eigenvalue weighted by Crippen LogP contribution is -2.29. The van der Waals surface area contributed by atoms with Crippen molar-refractivity contribution in [1.82, 2.24) is 14.8 Å². The molecular weight excluding hydrogens is 336 g/mol. The van der Waals surface area contributed by atoms with Crippen molar-refractivity contribution >= 4 is 11.9 Å². The molecule has 8 heteroatoms. The molecule has 0 spiro atoms. The Bertz CT molecular complexity index is 843. The van der Waals surface area contributed by atoms with Crippen LogP contribution in [0.1, 0.15) is 31.9 Å². The number of aromatic nitrogens is 3. The van der Waals surface area contributed by atoms with Gasteiger partial charge in [-0.25, -0.2) is 9.48 Å². The average molecular weight is 358 g/mol. The Labute approximate surface area is 151 Å². The second kappa shape index (κ2) is 7.47. The van der Waals surface area contributed by atoms with Gasteiger partial charge < -0.3 is 19.5 Å². The predicted octanol–water partition coefficient (Wildman–Crippen LogP) is 2.54. The van der Waals surface area contributed by atoms with Crippen molar-refractivity contribution in [2.75, 3.05) is 26.1 Å². The van der Waals surface area contributed by atoms with Gasteiger partial charge in [-0.2, -0.15) is 10.1 Å². The molecule has 1 aliphatic heterocycles. The van der Waals surface area contributed by atoms with Crippen molar-refractivity contribution in [3.8, 4) is 11.5 Å². The number of esters is 1. The summed E-state index contributed by atoms with van der Waals surface area (Å²) >= 11 is 0. The lowest BCUT2D eigenvalue weighted by atomic mass is 9.95. The van der Waals surface area contributed by atoms with Gasteiger partial charge in [0.1, 0.15) is 12.4 Å². The first-order valence-electron chi connectivity index (χ1n) is 8.37. The number of fused-ring (bicyclic) bond motifs is 1. The minimum Gasteiger partial charge on any atom is -0.493 e. The number of rotatable bonds is 6. The summed E-state index contributed by atoms with van der Waals surface area (Å²) in [6.07, 6.45) is 2.34. The predicted molar refractivity (Wildman–Crippen MR) is 95.3 cm³/mol. The second-order valence-corrected chi connectivity index (χ2v) is 5.84. The molecule has 8 nitrogen and oxygen atoms in total. The van der Waals surface area contributed by atoms with E-state index in [-0.39, 0.29) is 0 Å². The van der Waals surface area contributed by atoms with E-state index in [0.29, 0.717) is 35.3 Å². The molecule has 26 heavy (non-hydrogen) atoms. The average Bonchev–Trinajstić information content (AvgIpc) is 3.12. The summed E-state index contributed by atoms with van der Waals surface area (Å²) in [5.41, 5.74) is 1.96. The Morgan fingerprint density at radius 1 is 1.31 bits per heavy atom. The Hall–Kier alpha value is -3.03. The largest absolute Gasteiger partial charge is 0.493 e. The number of carbonyl (C=O) groups excluding carboxylic acids is 1. The van der Waals surface area contributed by atoms with Crippen LogP contribution in [-0.2, 0) is 9.53 Å². The first-order chi connectivity index (χ1) is 12.6. The van der Waals surface area contributed by atoms with E-state index in [9.17, 15) is 4.79 Å². The van der Waals surface area contributed by atoms with Crippen LogP contribution in [0.3, 0.4) is 0 Å². The Balaban J connectivity index is 2.09. The molecule has 1 atom stereocenters. The topological polar surface area (TPSA) is 87.5 Å². The van der Waals surface area contributed by atoms with E-state index in [4.69, 9.17) is 14.2 Å². The highest BCUT2D eigenvalue weighted by molar-refractivity contribution is 5.92. The maximum absolute atomic E-state index is 12.4. The number of anilines is 1. The van der Waals surface area contributed by atoms with Crippen LogP contribution in [-0.4, -0.2) is 41.6 Å². The maximum atomic E-state index is 12.4. The number of carbonyl (C=O) groups is 1. The van der Waals surface area contributed by atoms with Crippen LogP contribution in [0, 0.1) is 0 Å². The summed E-state index contributed by atoms with van der Waals surface area (Å²) in [5, 5.41) is 7.36. The van der Waals surface area contributed by atoms with Crippen LogP contribution in [0.25, 0.3) is 0 Å². The van der Waals surface area contributed by atoms with Crippen LogP contribution in [0.5, 0.6) is 11.5 Å². The normalized spacial score (nSPS) is 15.9. The number of benzene rings is 1.